The molecule has 1 fully saturated rings. The van der Waals surface area contributed by atoms with Gasteiger partial charge in [-0.1, -0.05) is 42.5 Å². The number of hydrazone groups is 1. The van der Waals surface area contributed by atoms with Gasteiger partial charge in [0, 0.05) is 47.5 Å². The summed E-state index contributed by atoms with van der Waals surface area (Å²) >= 11 is 2.27. The van der Waals surface area contributed by atoms with Gasteiger partial charge in [-0.15, -0.1) is 0 Å². The molecule has 6 heteroatoms. The lowest BCUT2D eigenvalue weighted by molar-refractivity contribution is 0.0955. The first-order valence-corrected chi connectivity index (χ1v) is 11.9. The largest absolute Gasteiger partial charge is 0.369 e. The van der Waals surface area contributed by atoms with Crippen molar-refractivity contribution in [1.29, 1.82) is 0 Å². The Hall–Kier alpha value is -2.71. The van der Waals surface area contributed by atoms with Gasteiger partial charge in [0.1, 0.15) is 0 Å². The number of halogens is 1. The van der Waals surface area contributed by atoms with Gasteiger partial charge in [-0.25, -0.2) is 5.43 Å². The van der Waals surface area contributed by atoms with E-state index in [9.17, 15) is 4.79 Å². The van der Waals surface area contributed by atoms with Crippen LogP contribution >= 0.6 is 22.6 Å². The number of carbonyl (C=O) groups excluding carboxylic acids is 1. The van der Waals surface area contributed by atoms with Crippen molar-refractivity contribution in [3.8, 4) is 0 Å². The van der Waals surface area contributed by atoms with Crippen LogP contribution in [0, 0.1) is 3.57 Å². The van der Waals surface area contributed by atoms with Gasteiger partial charge >= 0.3 is 0 Å². The molecule has 0 unspecified atom stereocenters. The highest BCUT2D eigenvalue weighted by atomic mass is 127. The molecule has 5 nitrogen and oxygen atoms in total. The second-order valence-corrected chi connectivity index (χ2v) is 9.19. The molecule has 0 radical (unpaired) electrons. The van der Waals surface area contributed by atoms with Crippen molar-refractivity contribution >= 4 is 39.9 Å². The number of nitrogens with one attached hydrogen (secondary N) is 1. The molecule has 4 rings (SSSR count). The van der Waals surface area contributed by atoms with Gasteiger partial charge in [0.2, 0.25) is 0 Å². The zero-order valence-electron chi connectivity index (χ0n) is 18.2. The van der Waals surface area contributed by atoms with E-state index in [4.69, 9.17) is 0 Å². The predicted octanol–water partition coefficient (Wildman–Crippen LogP) is 4.77. The predicted molar refractivity (Wildman–Crippen MR) is 139 cm³/mol. The number of anilines is 1. The zero-order chi connectivity index (χ0) is 22.3. The van der Waals surface area contributed by atoms with Crippen LogP contribution in [0.1, 0.15) is 28.4 Å². The number of piperazine rings is 1. The van der Waals surface area contributed by atoms with Gasteiger partial charge in [0.15, 0.2) is 0 Å². The van der Waals surface area contributed by atoms with Crippen molar-refractivity contribution in [2.24, 2.45) is 5.10 Å². The van der Waals surface area contributed by atoms with E-state index < -0.39 is 0 Å². The van der Waals surface area contributed by atoms with Crippen LogP contribution < -0.4 is 10.3 Å². The van der Waals surface area contributed by atoms with Crippen molar-refractivity contribution < 1.29 is 4.79 Å². The van der Waals surface area contributed by atoms with Gasteiger partial charge in [-0.2, -0.15) is 5.10 Å². The molecule has 0 atom stereocenters. The first kappa shape index (κ1) is 22.5. The van der Waals surface area contributed by atoms with Gasteiger partial charge in [-0.05, 0) is 77.0 Å². The monoisotopic (exact) mass is 538 g/mol. The van der Waals surface area contributed by atoms with E-state index in [1.165, 1.54) is 11.3 Å². The normalized spacial score (nSPS) is 14.9. The Morgan fingerprint density at radius 1 is 0.906 bits per heavy atom. The molecule has 1 amide bonds. The molecular formula is C26H27IN4O. The summed E-state index contributed by atoms with van der Waals surface area (Å²) in [5.41, 5.74) is 7.57. The highest BCUT2D eigenvalue weighted by Crippen LogP contribution is 2.17. The highest BCUT2D eigenvalue weighted by Gasteiger charge is 2.17. The van der Waals surface area contributed by atoms with Gasteiger partial charge < -0.3 is 4.90 Å². The van der Waals surface area contributed by atoms with Gasteiger partial charge in [-0.3, -0.25) is 9.69 Å². The third kappa shape index (κ3) is 5.95. The first-order chi connectivity index (χ1) is 15.6. The summed E-state index contributed by atoms with van der Waals surface area (Å²) < 4.78 is 1.14. The summed E-state index contributed by atoms with van der Waals surface area (Å²) in [6.45, 7) is 6.92. The summed E-state index contributed by atoms with van der Waals surface area (Å²) in [5.74, 6) is -0.196. The maximum Gasteiger partial charge on any atom is 0.271 e. The number of para-hydroxylation sites is 1. The van der Waals surface area contributed by atoms with Crippen LogP contribution in [0.5, 0.6) is 0 Å². The molecule has 0 bridgehead atoms. The lowest BCUT2D eigenvalue weighted by atomic mass is 10.1. The number of benzene rings is 3. The summed E-state index contributed by atoms with van der Waals surface area (Å²) in [6, 6.07) is 26.5. The van der Waals surface area contributed by atoms with Crippen LogP contribution in [0.2, 0.25) is 0 Å². The van der Waals surface area contributed by atoms with Crippen molar-refractivity contribution in [2.45, 2.75) is 13.5 Å². The van der Waals surface area contributed by atoms with Crippen molar-refractivity contribution in [3.05, 3.63) is 99.1 Å². The molecule has 1 heterocycles. The molecule has 0 aromatic heterocycles. The summed E-state index contributed by atoms with van der Waals surface area (Å²) in [7, 11) is 0. The molecule has 1 saturated heterocycles. The maximum atomic E-state index is 12.5. The van der Waals surface area contributed by atoms with E-state index >= 15 is 0 Å². The third-order valence-electron chi connectivity index (χ3n) is 5.68. The Balaban J connectivity index is 1.28. The topological polar surface area (TPSA) is 47.9 Å². The Morgan fingerprint density at radius 3 is 2.31 bits per heavy atom. The Morgan fingerprint density at radius 2 is 1.62 bits per heavy atom. The number of carbonyl (C=O) groups is 1. The van der Waals surface area contributed by atoms with E-state index in [0.717, 1.165) is 47.6 Å². The second kappa shape index (κ2) is 10.7. The van der Waals surface area contributed by atoms with Crippen LogP contribution in [-0.4, -0.2) is 42.7 Å². The molecular weight excluding hydrogens is 511 g/mol. The number of nitrogens with zero attached hydrogens (tertiary/aromatic N) is 3. The maximum absolute atomic E-state index is 12.5. The van der Waals surface area contributed by atoms with Crippen LogP contribution in [0.3, 0.4) is 0 Å². The van der Waals surface area contributed by atoms with E-state index in [-0.39, 0.29) is 5.91 Å². The van der Waals surface area contributed by atoms with Crippen molar-refractivity contribution in [1.82, 2.24) is 10.3 Å². The zero-order valence-corrected chi connectivity index (χ0v) is 20.3. The molecule has 32 heavy (non-hydrogen) atoms. The lowest BCUT2D eigenvalue weighted by Crippen LogP contribution is -2.45. The summed E-state index contributed by atoms with van der Waals surface area (Å²) in [5, 5.41) is 4.26. The minimum absolute atomic E-state index is 0.196. The Kier molecular flexibility index (Phi) is 7.55. The molecule has 1 aliphatic heterocycles. The van der Waals surface area contributed by atoms with Crippen LogP contribution in [0.15, 0.2) is 84.0 Å². The Labute approximate surface area is 203 Å². The fourth-order valence-electron chi connectivity index (χ4n) is 3.80. The van der Waals surface area contributed by atoms with E-state index in [0.29, 0.717) is 5.56 Å². The van der Waals surface area contributed by atoms with Crippen LogP contribution in [0.25, 0.3) is 0 Å². The molecule has 0 aliphatic carbocycles. The second-order valence-electron chi connectivity index (χ2n) is 7.94. The first-order valence-electron chi connectivity index (χ1n) is 10.8. The van der Waals surface area contributed by atoms with E-state index in [1.54, 1.807) is 0 Å². The molecule has 3 aromatic carbocycles. The molecule has 1 aliphatic rings. The third-order valence-corrected chi connectivity index (χ3v) is 6.35. The summed E-state index contributed by atoms with van der Waals surface area (Å²) in [4.78, 5) is 17.4. The average Bonchev–Trinajstić information content (AvgIpc) is 2.84. The molecule has 0 saturated carbocycles. The number of hydrogen-bond acceptors (Lipinski definition) is 4. The lowest BCUT2D eigenvalue weighted by Gasteiger charge is -2.36. The van der Waals surface area contributed by atoms with Crippen LogP contribution in [0.4, 0.5) is 5.69 Å². The molecule has 1 N–H and O–H groups in total. The fourth-order valence-corrected chi connectivity index (χ4v) is 4.34. The van der Waals surface area contributed by atoms with E-state index in [1.807, 2.05) is 55.5 Å². The number of amides is 1. The van der Waals surface area contributed by atoms with Crippen molar-refractivity contribution in [3.63, 3.8) is 0 Å². The standard InChI is InChI=1S/C26H27IN4O/c1-20(23-6-5-7-24(27)18-23)28-29-26(32)22-12-10-21(11-13-22)19-30-14-16-31(17-15-30)25-8-3-2-4-9-25/h2-13,18H,14-17,19H2,1H3,(H,29,32). The summed E-state index contributed by atoms with van der Waals surface area (Å²) in [6.07, 6.45) is 0. The Bertz CT molecular complexity index is 1070. The fraction of sp³-hybridized carbons (Fsp3) is 0.231. The van der Waals surface area contributed by atoms with E-state index in [2.05, 4.69) is 73.2 Å². The minimum Gasteiger partial charge on any atom is -0.369 e. The molecule has 3 aromatic rings. The highest BCUT2D eigenvalue weighted by molar-refractivity contribution is 14.1. The quantitative estimate of drug-likeness (QED) is 0.280. The number of hydrogen-bond donors (Lipinski definition) is 1. The number of rotatable bonds is 6. The van der Waals surface area contributed by atoms with Gasteiger partial charge in [0.25, 0.3) is 5.91 Å². The minimum atomic E-state index is -0.196. The smallest absolute Gasteiger partial charge is 0.271 e. The van der Waals surface area contributed by atoms with Gasteiger partial charge in [0.05, 0.1) is 5.71 Å². The molecule has 0 spiro atoms. The SMILES string of the molecule is CC(=NNC(=O)c1ccc(CN2CCN(c3ccccc3)CC2)cc1)c1cccc(I)c1. The molecule has 164 valence electrons. The average molecular weight is 538 g/mol. The van der Waals surface area contributed by atoms with Crippen LogP contribution in [-0.2, 0) is 6.54 Å². The van der Waals surface area contributed by atoms with Crippen molar-refractivity contribution in [2.75, 3.05) is 31.1 Å².